The number of aryl methyl sites for hydroxylation is 1. The molecule has 1 aliphatic rings. The molecule has 0 amide bonds. The van der Waals surface area contributed by atoms with E-state index in [1.807, 2.05) is 38.2 Å². The second-order valence-electron chi connectivity index (χ2n) is 5.93. The van der Waals surface area contributed by atoms with Gasteiger partial charge in [-0.1, -0.05) is 17.7 Å². The maximum atomic E-state index is 12.9. The van der Waals surface area contributed by atoms with Crippen molar-refractivity contribution in [3.8, 4) is 5.69 Å². The predicted molar refractivity (Wildman–Crippen MR) is 89.1 cm³/mol. The van der Waals surface area contributed by atoms with Gasteiger partial charge in [0.1, 0.15) is 4.90 Å². The van der Waals surface area contributed by atoms with E-state index in [1.165, 1.54) is 6.20 Å². The maximum Gasteiger partial charge on any atom is 0.246 e. The molecule has 1 atom stereocenters. The second-order valence-corrected chi connectivity index (χ2v) is 7.82. The average molecular weight is 334 g/mol. The quantitative estimate of drug-likeness (QED) is 0.901. The molecular formula is C16H22N4O2S. The Kier molecular flexibility index (Phi) is 4.52. The molecule has 1 aromatic heterocycles. The van der Waals surface area contributed by atoms with Gasteiger partial charge in [0.2, 0.25) is 10.0 Å². The SMILES string of the molecule is CNC[C@@H]1CCCN1S(=O)(=O)c1cnn(-c2ccc(C)cc2)c1. The van der Waals surface area contributed by atoms with Crippen LogP contribution in [-0.4, -0.2) is 48.7 Å². The molecule has 23 heavy (non-hydrogen) atoms. The van der Waals surface area contributed by atoms with Gasteiger partial charge in [0.05, 0.1) is 18.1 Å². The van der Waals surface area contributed by atoms with Gasteiger partial charge in [0.25, 0.3) is 0 Å². The van der Waals surface area contributed by atoms with Crippen LogP contribution in [-0.2, 0) is 10.0 Å². The van der Waals surface area contributed by atoms with Crippen LogP contribution in [0.4, 0.5) is 0 Å². The molecule has 1 fully saturated rings. The summed E-state index contributed by atoms with van der Waals surface area (Å²) in [5.74, 6) is 0. The molecule has 6 nitrogen and oxygen atoms in total. The number of hydrogen-bond donors (Lipinski definition) is 1. The van der Waals surface area contributed by atoms with Crippen molar-refractivity contribution in [1.82, 2.24) is 19.4 Å². The van der Waals surface area contributed by atoms with Crippen molar-refractivity contribution in [1.29, 1.82) is 0 Å². The molecule has 0 bridgehead atoms. The van der Waals surface area contributed by atoms with E-state index in [-0.39, 0.29) is 10.9 Å². The van der Waals surface area contributed by atoms with Crippen LogP contribution < -0.4 is 5.32 Å². The number of rotatable bonds is 5. The summed E-state index contributed by atoms with van der Waals surface area (Å²) in [6, 6.07) is 7.84. The van der Waals surface area contributed by atoms with E-state index in [4.69, 9.17) is 0 Å². The van der Waals surface area contributed by atoms with Crippen LogP contribution in [0.15, 0.2) is 41.6 Å². The third kappa shape index (κ3) is 3.17. The molecule has 1 N–H and O–H groups in total. The van der Waals surface area contributed by atoms with Crippen LogP contribution in [0.3, 0.4) is 0 Å². The lowest BCUT2D eigenvalue weighted by atomic mass is 10.2. The number of sulfonamides is 1. The first kappa shape index (κ1) is 16.2. The number of nitrogens with one attached hydrogen (secondary N) is 1. The van der Waals surface area contributed by atoms with E-state index in [0.29, 0.717) is 13.1 Å². The summed E-state index contributed by atoms with van der Waals surface area (Å²) in [6.07, 6.45) is 4.82. The van der Waals surface area contributed by atoms with Crippen LogP contribution in [0.2, 0.25) is 0 Å². The normalized spacial score (nSPS) is 19.3. The molecule has 0 saturated carbocycles. The summed E-state index contributed by atoms with van der Waals surface area (Å²) in [5.41, 5.74) is 2.01. The topological polar surface area (TPSA) is 67.2 Å². The van der Waals surface area contributed by atoms with Crippen LogP contribution in [0.25, 0.3) is 5.69 Å². The van der Waals surface area contributed by atoms with Gasteiger partial charge in [-0.05, 0) is 38.9 Å². The minimum absolute atomic E-state index is 0.0210. The Morgan fingerprint density at radius 3 is 2.74 bits per heavy atom. The van der Waals surface area contributed by atoms with E-state index in [0.717, 1.165) is 24.1 Å². The lowest BCUT2D eigenvalue weighted by Crippen LogP contribution is -2.40. The molecule has 3 rings (SSSR count). The van der Waals surface area contributed by atoms with Crippen molar-refractivity contribution in [3.05, 3.63) is 42.2 Å². The summed E-state index contributed by atoms with van der Waals surface area (Å²) in [5, 5.41) is 7.29. The molecule has 1 aromatic carbocycles. The molecule has 0 spiro atoms. The molecule has 0 radical (unpaired) electrons. The van der Waals surface area contributed by atoms with Crippen molar-refractivity contribution in [2.24, 2.45) is 0 Å². The summed E-state index contributed by atoms with van der Waals surface area (Å²) in [6.45, 7) is 3.26. The average Bonchev–Trinajstić information content (AvgIpc) is 3.18. The number of benzene rings is 1. The number of hydrogen-bond acceptors (Lipinski definition) is 4. The Hall–Kier alpha value is -1.70. The third-order valence-electron chi connectivity index (χ3n) is 4.23. The largest absolute Gasteiger partial charge is 0.318 e. The standard InChI is InChI=1S/C16H22N4O2S/c1-13-5-7-14(8-6-13)19-12-16(11-18-19)23(21,22)20-9-3-4-15(20)10-17-2/h5-8,11-12,15,17H,3-4,9-10H2,1-2H3/t15-/m0/s1. The van der Waals surface area contributed by atoms with Crippen LogP contribution in [0.5, 0.6) is 0 Å². The van der Waals surface area contributed by atoms with E-state index >= 15 is 0 Å². The van der Waals surface area contributed by atoms with Crippen LogP contribution in [0.1, 0.15) is 18.4 Å². The zero-order valence-electron chi connectivity index (χ0n) is 13.4. The molecule has 124 valence electrons. The molecule has 0 unspecified atom stereocenters. The van der Waals surface area contributed by atoms with E-state index in [1.54, 1.807) is 15.2 Å². The Morgan fingerprint density at radius 2 is 2.04 bits per heavy atom. The van der Waals surface area contributed by atoms with Crippen molar-refractivity contribution in [2.75, 3.05) is 20.1 Å². The predicted octanol–water partition coefficient (Wildman–Crippen LogP) is 1.55. The Balaban J connectivity index is 1.88. The highest BCUT2D eigenvalue weighted by molar-refractivity contribution is 7.89. The Bertz CT molecular complexity index is 768. The van der Waals surface area contributed by atoms with E-state index in [9.17, 15) is 8.42 Å². The first-order valence-corrected chi connectivity index (χ1v) is 9.24. The summed E-state index contributed by atoms with van der Waals surface area (Å²) >= 11 is 0. The minimum Gasteiger partial charge on any atom is -0.318 e. The third-order valence-corrected chi connectivity index (χ3v) is 6.13. The zero-order chi connectivity index (χ0) is 16.4. The van der Waals surface area contributed by atoms with Gasteiger partial charge in [0, 0.05) is 19.1 Å². The maximum absolute atomic E-state index is 12.9. The van der Waals surface area contributed by atoms with Crippen molar-refractivity contribution in [3.63, 3.8) is 0 Å². The number of nitrogens with zero attached hydrogens (tertiary/aromatic N) is 3. The van der Waals surface area contributed by atoms with Gasteiger partial charge < -0.3 is 5.32 Å². The molecule has 7 heteroatoms. The van der Waals surface area contributed by atoms with Gasteiger partial charge in [-0.25, -0.2) is 13.1 Å². The summed E-state index contributed by atoms with van der Waals surface area (Å²) in [7, 11) is -1.65. The molecule has 2 aromatic rings. The highest BCUT2D eigenvalue weighted by Gasteiger charge is 2.35. The van der Waals surface area contributed by atoms with Gasteiger partial charge in [-0.2, -0.15) is 9.40 Å². The zero-order valence-corrected chi connectivity index (χ0v) is 14.3. The summed E-state index contributed by atoms with van der Waals surface area (Å²) in [4.78, 5) is 0.251. The molecule has 0 aliphatic carbocycles. The lowest BCUT2D eigenvalue weighted by Gasteiger charge is -2.22. The van der Waals surface area contributed by atoms with Gasteiger partial charge in [0.15, 0.2) is 0 Å². The molecular weight excluding hydrogens is 312 g/mol. The lowest BCUT2D eigenvalue weighted by molar-refractivity contribution is 0.379. The fourth-order valence-corrected chi connectivity index (χ4v) is 4.60. The smallest absolute Gasteiger partial charge is 0.246 e. The van der Waals surface area contributed by atoms with Gasteiger partial charge in [-0.3, -0.25) is 0 Å². The molecule has 2 heterocycles. The Labute approximate surface area is 137 Å². The Morgan fingerprint density at radius 1 is 1.30 bits per heavy atom. The van der Waals surface area contributed by atoms with Crippen LogP contribution in [0, 0.1) is 6.92 Å². The fourth-order valence-electron chi connectivity index (χ4n) is 2.98. The first-order valence-electron chi connectivity index (χ1n) is 7.80. The molecule has 1 aliphatic heterocycles. The van der Waals surface area contributed by atoms with Crippen molar-refractivity contribution in [2.45, 2.75) is 30.7 Å². The highest BCUT2D eigenvalue weighted by Crippen LogP contribution is 2.26. The van der Waals surface area contributed by atoms with Gasteiger partial charge >= 0.3 is 0 Å². The fraction of sp³-hybridized carbons (Fsp3) is 0.438. The van der Waals surface area contributed by atoms with Crippen LogP contribution >= 0.6 is 0 Å². The molecule has 1 saturated heterocycles. The first-order chi connectivity index (χ1) is 11.0. The monoisotopic (exact) mass is 334 g/mol. The summed E-state index contributed by atoms with van der Waals surface area (Å²) < 4.78 is 28.9. The van der Waals surface area contributed by atoms with Gasteiger partial charge in [-0.15, -0.1) is 0 Å². The van der Waals surface area contributed by atoms with E-state index in [2.05, 4.69) is 10.4 Å². The van der Waals surface area contributed by atoms with E-state index < -0.39 is 10.0 Å². The number of aromatic nitrogens is 2. The number of likely N-dealkylation sites (N-methyl/N-ethyl adjacent to an activating group) is 1. The van der Waals surface area contributed by atoms with Crippen molar-refractivity contribution >= 4 is 10.0 Å². The highest BCUT2D eigenvalue weighted by atomic mass is 32.2. The minimum atomic E-state index is -3.50. The second kappa shape index (κ2) is 6.43. The van der Waals surface area contributed by atoms with Crippen molar-refractivity contribution < 1.29 is 8.42 Å².